The van der Waals surface area contributed by atoms with Crippen molar-refractivity contribution in [2.75, 3.05) is 20.1 Å². The quantitative estimate of drug-likeness (QED) is 0.889. The van der Waals surface area contributed by atoms with E-state index in [1.54, 1.807) is 47.2 Å². The van der Waals surface area contributed by atoms with Crippen LogP contribution in [0.2, 0.25) is 0 Å². The highest BCUT2D eigenvalue weighted by Crippen LogP contribution is 2.29. The van der Waals surface area contributed by atoms with Crippen LogP contribution in [-0.4, -0.2) is 48.1 Å². The van der Waals surface area contributed by atoms with Gasteiger partial charge >= 0.3 is 6.03 Å². The number of nitrogens with two attached hydrogens (primary N) is 1. The molecule has 1 aliphatic rings. The molecule has 2 amide bonds. The van der Waals surface area contributed by atoms with Gasteiger partial charge in [-0.2, -0.15) is 0 Å². The third-order valence-electron chi connectivity index (χ3n) is 5.29. The first-order valence-corrected chi connectivity index (χ1v) is 9.23. The Morgan fingerprint density at radius 3 is 2.70 bits per heavy atom. The number of urea groups is 1. The Morgan fingerprint density at radius 1 is 1.26 bits per heavy atom. The minimum absolute atomic E-state index is 0.0860. The molecule has 4 nitrogen and oxygen atoms in total. The van der Waals surface area contributed by atoms with Crippen LogP contribution in [0.15, 0.2) is 42.5 Å². The maximum Gasteiger partial charge on any atom is 0.320 e. The van der Waals surface area contributed by atoms with Gasteiger partial charge in [0.15, 0.2) is 0 Å². The van der Waals surface area contributed by atoms with E-state index in [4.69, 9.17) is 5.73 Å². The normalized spacial score (nSPS) is 19.4. The summed E-state index contributed by atoms with van der Waals surface area (Å²) in [6, 6.07) is 10.4. The van der Waals surface area contributed by atoms with Crippen LogP contribution >= 0.6 is 0 Å². The fraction of sp³-hybridized carbons (Fsp3) is 0.381. The summed E-state index contributed by atoms with van der Waals surface area (Å²) in [6.45, 7) is 3.08. The van der Waals surface area contributed by atoms with Crippen molar-refractivity contribution in [2.24, 2.45) is 5.73 Å². The van der Waals surface area contributed by atoms with Crippen LogP contribution < -0.4 is 5.73 Å². The van der Waals surface area contributed by atoms with Crippen LogP contribution in [0.1, 0.15) is 18.9 Å². The molecular weight excluding hydrogens is 348 g/mol. The molecule has 2 atom stereocenters. The lowest BCUT2D eigenvalue weighted by molar-refractivity contribution is 0.157. The standard InChI is InChI=1S/C21H25F2N3O/c1-3-25(2)21(27)26-11-10-18(24)19(26)13-15-7-5-9-17(20(15)23)14-6-4-8-16(22)12-14/h4-9,12,18-19H,3,10-11,13,24H2,1-2H3. The monoisotopic (exact) mass is 373 g/mol. The molecule has 2 unspecified atom stereocenters. The molecule has 0 spiro atoms. The Labute approximate surface area is 158 Å². The van der Waals surface area contributed by atoms with Crippen molar-refractivity contribution in [3.8, 4) is 11.1 Å². The highest BCUT2D eigenvalue weighted by atomic mass is 19.1. The van der Waals surface area contributed by atoms with Crippen molar-refractivity contribution < 1.29 is 13.6 Å². The summed E-state index contributed by atoms with van der Waals surface area (Å²) in [5, 5.41) is 0. The lowest BCUT2D eigenvalue weighted by Gasteiger charge is -2.30. The summed E-state index contributed by atoms with van der Waals surface area (Å²) >= 11 is 0. The van der Waals surface area contributed by atoms with Crippen LogP contribution in [-0.2, 0) is 6.42 Å². The van der Waals surface area contributed by atoms with E-state index in [1.807, 2.05) is 6.92 Å². The molecule has 2 N–H and O–H groups in total. The van der Waals surface area contributed by atoms with E-state index in [-0.39, 0.29) is 18.1 Å². The third-order valence-corrected chi connectivity index (χ3v) is 5.29. The molecule has 0 saturated carbocycles. The third kappa shape index (κ3) is 3.95. The van der Waals surface area contributed by atoms with Gasteiger partial charge in [0, 0.05) is 31.7 Å². The summed E-state index contributed by atoms with van der Waals surface area (Å²) in [6.07, 6.45) is 1.03. The molecule has 144 valence electrons. The molecule has 1 aliphatic heterocycles. The summed E-state index contributed by atoms with van der Waals surface area (Å²) in [5.74, 6) is -0.798. The van der Waals surface area contributed by atoms with Gasteiger partial charge in [-0.1, -0.05) is 30.3 Å². The SMILES string of the molecule is CCN(C)C(=O)N1CCC(N)C1Cc1cccc(-c2cccc(F)c2)c1F. The molecule has 3 rings (SSSR count). The van der Waals surface area contributed by atoms with E-state index in [2.05, 4.69) is 0 Å². The molecule has 27 heavy (non-hydrogen) atoms. The number of hydrogen-bond acceptors (Lipinski definition) is 2. The van der Waals surface area contributed by atoms with Crippen molar-refractivity contribution in [2.45, 2.75) is 31.8 Å². The Morgan fingerprint density at radius 2 is 2.00 bits per heavy atom. The molecule has 1 fully saturated rings. The number of amides is 2. The van der Waals surface area contributed by atoms with E-state index in [0.29, 0.717) is 42.6 Å². The topological polar surface area (TPSA) is 49.6 Å². The van der Waals surface area contributed by atoms with Crippen LogP contribution in [0.3, 0.4) is 0 Å². The zero-order valence-electron chi connectivity index (χ0n) is 15.7. The minimum Gasteiger partial charge on any atom is -0.328 e. The van der Waals surface area contributed by atoms with Gasteiger partial charge in [-0.05, 0) is 43.0 Å². The second-order valence-electron chi connectivity index (χ2n) is 7.00. The zero-order chi connectivity index (χ0) is 19.6. The Hall–Kier alpha value is -2.47. The number of rotatable bonds is 4. The van der Waals surface area contributed by atoms with Gasteiger partial charge in [0.05, 0.1) is 6.04 Å². The smallest absolute Gasteiger partial charge is 0.320 e. The van der Waals surface area contributed by atoms with Crippen LogP contribution in [0.5, 0.6) is 0 Å². The highest BCUT2D eigenvalue weighted by Gasteiger charge is 2.36. The average molecular weight is 373 g/mol. The van der Waals surface area contributed by atoms with E-state index >= 15 is 4.39 Å². The van der Waals surface area contributed by atoms with Gasteiger partial charge in [-0.15, -0.1) is 0 Å². The molecule has 0 aromatic heterocycles. The van der Waals surface area contributed by atoms with E-state index < -0.39 is 11.6 Å². The second kappa shape index (κ2) is 8.05. The number of benzene rings is 2. The first-order valence-electron chi connectivity index (χ1n) is 9.23. The number of nitrogens with zero attached hydrogens (tertiary/aromatic N) is 2. The largest absolute Gasteiger partial charge is 0.328 e. The number of hydrogen-bond donors (Lipinski definition) is 1. The molecule has 2 aromatic rings. The molecule has 0 radical (unpaired) electrons. The molecule has 0 bridgehead atoms. The summed E-state index contributed by atoms with van der Waals surface area (Å²) in [4.78, 5) is 16.0. The van der Waals surface area contributed by atoms with Gasteiger partial charge in [0.2, 0.25) is 0 Å². The van der Waals surface area contributed by atoms with Gasteiger partial charge in [0.25, 0.3) is 0 Å². The van der Waals surface area contributed by atoms with Crippen LogP contribution in [0, 0.1) is 11.6 Å². The van der Waals surface area contributed by atoms with E-state index in [9.17, 15) is 9.18 Å². The Kier molecular flexibility index (Phi) is 5.75. The molecule has 2 aromatic carbocycles. The Bertz CT molecular complexity index is 827. The number of likely N-dealkylation sites (tertiary alicyclic amines) is 1. The number of carbonyl (C=O) groups excluding carboxylic acids is 1. The van der Waals surface area contributed by atoms with E-state index in [0.717, 1.165) is 0 Å². The second-order valence-corrected chi connectivity index (χ2v) is 7.00. The number of halogens is 2. The van der Waals surface area contributed by atoms with Crippen molar-refractivity contribution in [1.82, 2.24) is 9.80 Å². The molecule has 1 heterocycles. The zero-order valence-corrected chi connectivity index (χ0v) is 15.7. The van der Waals surface area contributed by atoms with Crippen molar-refractivity contribution in [3.63, 3.8) is 0 Å². The molecular formula is C21H25F2N3O. The maximum atomic E-state index is 15.1. The van der Waals surface area contributed by atoms with Crippen molar-refractivity contribution >= 4 is 6.03 Å². The van der Waals surface area contributed by atoms with E-state index in [1.165, 1.54) is 12.1 Å². The molecule has 0 aliphatic carbocycles. The van der Waals surface area contributed by atoms with Crippen molar-refractivity contribution in [1.29, 1.82) is 0 Å². The lowest BCUT2D eigenvalue weighted by Crippen LogP contribution is -2.48. The van der Waals surface area contributed by atoms with Crippen LogP contribution in [0.25, 0.3) is 11.1 Å². The first kappa shape index (κ1) is 19.3. The molecule has 1 saturated heterocycles. The van der Waals surface area contributed by atoms with Gasteiger partial charge < -0.3 is 15.5 Å². The van der Waals surface area contributed by atoms with Gasteiger partial charge in [0.1, 0.15) is 11.6 Å². The first-order chi connectivity index (χ1) is 12.9. The average Bonchev–Trinajstić information content (AvgIpc) is 3.02. The Balaban J connectivity index is 1.88. The lowest BCUT2D eigenvalue weighted by atomic mass is 9.96. The maximum absolute atomic E-state index is 15.1. The molecule has 6 heteroatoms. The van der Waals surface area contributed by atoms with Gasteiger partial charge in [-0.3, -0.25) is 0 Å². The summed E-state index contributed by atoms with van der Waals surface area (Å²) in [5.41, 5.74) is 7.55. The van der Waals surface area contributed by atoms with Crippen LogP contribution in [0.4, 0.5) is 13.6 Å². The predicted molar refractivity (Wildman–Crippen MR) is 102 cm³/mol. The minimum atomic E-state index is -0.408. The summed E-state index contributed by atoms with van der Waals surface area (Å²) < 4.78 is 28.7. The predicted octanol–water partition coefficient (Wildman–Crippen LogP) is 3.65. The fourth-order valence-electron chi connectivity index (χ4n) is 3.57. The van der Waals surface area contributed by atoms with Gasteiger partial charge in [-0.25, -0.2) is 13.6 Å². The summed E-state index contributed by atoms with van der Waals surface area (Å²) in [7, 11) is 1.74. The fourth-order valence-corrected chi connectivity index (χ4v) is 3.57. The highest BCUT2D eigenvalue weighted by molar-refractivity contribution is 5.75. The number of carbonyl (C=O) groups is 1. The van der Waals surface area contributed by atoms with Crippen molar-refractivity contribution in [3.05, 3.63) is 59.7 Å².